The summed E-state index contributed by atoms with van der Waals surface area (Å²) in [5, 5.41) is 3.36. The van der Waals surface area contributed by atoms with Crippen molar-refractivity contribution in [3.8, 4) is 0 Å². The molecule has 1 atom stereocenters. The zero-order valence-electron chi connectivity index (χ0n) is 13.0. The molecule has 1 saturated heterocycles. The van der Waals surface area contributed by atoms with Crippen molar-refractivity contribution in [1.82, 2.24) is 10.3 Å². The Bertz CT molecular complexity index is 378. The number of nitrogens with one attached hydrogen (secondary N) is 1. The summed E-state index contributed by atoms with van der Waals surface area (Å²) in [5.74, 6) is 0.894. The van der Waals surface area contributed by atoms with E-state index in [1.54, 1.807) is 6.26 Å². The minimum atomic E-state index is 0.809. The van der Waals surface area contributed by atoms with E-state index in [2.05, 4.69) is 29.0 Å². The average molecular weight is 279 g/mol. The van der Waals surface area contributed by atoms with Gasteiger partial charge in [-0.3, -0.25) is 0 Å². The topological polar surface area (TPSA) is 41.3 Å². The third-order valence-corrected chi connectivity index (χ3v) is 4.09. The number of oxazole rings is 1. The largest absolute Gasteiger partial charge is 0.432 e. The Morgan fingerprint density at radius 2 is 2.20 bits per heavy atom. The second kappa shape index (κ2) is 8.30. The Morgan fingerprint density at radius 3 is 3.00 bits per heavy atom. The van der Waals surface area contributed by atoms with E-state index in [9.17, 15) is 0 Å². The van der Waals surface area contributed by atoms with Crippen molar-refractivity contribution < 1.29 is 4.42 Å². The SMILES string of the molecule is CCCNCc1coc(N2CCCC(CCC)CC2)n1. The molecule has 0 aromatic carbocycles. The molecule has 0 aliphatic carbocycles. The van der Waals surface area contributed by atoms with Crippen LogP contribution < -0.4 is 10.2 Å². The number of anilines is 1. The molecule has 1 aromatic heterocycles. The van der Waals surface area contributed by atoms with E-state index in [0.29, 0.717) is 0 Å². The molecule has 1 unspecified atom stereocenters. The molecule has 0 spiro atoms. The van der Waals surface area contributed by atoms with Gasteiger partial charge in [0, 0.05) is 19.6 Å². The van der Waals surface area contributed by atoms with Crippen LogP contribution in [0.15, 0.2) is 10.7 Å². The highest BCUT2D eigenvalue weighted by Crippen LogP contribution is 2.25. The lowest BCUT2D eigenvalue weighted by Crippen LogP contribution is -2.24. The van der Waals surface area contributed by atoms with Gasteiger partial charge < -0.3 is 14.6 Å². The highest BCUT2D eigenvalue weighted by molar-refractivity contribution is 5.27. The molecule has 2 rings (SSSR count). The molecule has 1 aliphatic rings. The Morgan fingerprint density at radius 1 is 1.30 bits per heavy atom. The lowest BCUT2D eigenvalue weighted by atomic mass is 9.96. The number of hydrogen-bond acceptors (Lipinski definition) is 4. The molecular weight excluding hydrogens is 250 g/mol. The zero-order valence-corrected chi connectivity index (χ0v) is 13.0. The van der Waals surface area contributed by atoms with Gasteiger partial charge in [-0.1, -0.05) is 26.7 Å². The van der Waals surface area contributed by atoms with Crippen molar-refractivity contribution in [2.75, 3.05) is 24.5 Å². The molecule has 0 radical (unpaired) electrons. The highest BCUT2D eigenvalue weighted by Gasteiger charge is 2.19. The van der Waals surface area contributed by atoms with Gasteiger partial charge in [-0.15, -0.1) is 0 Å². The van der Waals surface area contributed by atoms with Crippen LogP contribution in [0.4, 0.5) is 6.01 Å². The van der Waals surface area contributed by atoms with Gasteiger partial charge in [0.05, 0.1) is 5.69 Å². The van der Waals surface area contributed by atoms with E-state index in [0.717, 1.165) is 50.2 Å². The molecule has 0 amide bonds. The molecule has 1 fully saturated rings. The number of aromatic nitrogens is 1. The molecule has 4 nitrogen and oxygen atoms in total. The van der Waals surface area contributed by atoms with Gasteiger partial charge >= 0.3 is 0 Å². The van der Waals surface area contributed by atoms with Crippen LogP contribution in [0.3, 0.4) is 0 Å². The maximum absolute atomic E-state index is 5.66. The van der Waals surface area contributed by atoms with E-state index in [1.165, 1.54) is 32.1 Å². The van der Waals surface area contributed by atoms with Gasteiger partial charge in [0.2, 0.25) is 0 Å². The Labute approximate surface area is 122 Å². The standard InChI is InChI=1S/C16H29N3O/c1-3-6-14-7-5-10-19(11-8-14)16-18-15(13-20-16)12-17-9-4-2/h13-14,17H,3-12H2,1-2H3. The summed E-state index contributed by atoms with van der Waals surface area (Å²) in [6.07, 6.45) is 9.51. The van der Waals surface area contributed by atoms with E-state index >= 15 is 0 Å². The monoisotopic (exact) mass is 279 g/mol. The summed E-state index contributed by atoms with van der Waals surface area (Å²) in [7, 11) is 0. The van der Waals surface area contributed by atoms with Crippen molar-refractivity contribution in [3.63, 3.8) is 0 Å². The molecule has 4 heteroatoms. The third kappa shape index (κ3) is 4.51. The van der Waals surface area contributed by atoms with Crippen molar-refractivity contribution >= 4 is 6.01 Å². The van der Waals surface area contributed by atoms with Crippen LogP contribution in [0.5, 0.6) is 0 Å². The van der Waals surface area contributed by atoms with Crippen LogP contribution in [-0.4, -0.2) is 24.6 Å². The second-order valence-electron chi connectivity index (χ2n) is 5.87. The lowest BCUT2D eigenvalue weighted by molar-refractivity contribution is 0.434. The first-order valence-corrected chi connectivity index (χ1v) is 8.23. The number of nitrogens with zero attached hydrogens (tertiary/aromatic N) is 2. The first-order valence-electron chi connectivity index (χ1n) is 8.23. The summed E-state index contributed by atoms with van der Waals surface area (Å²) in [5.41, 5.74) is 1.02. The summed E-state index contributed by atoms with van der Waals surface area (Å²) in [4.78, 5) is 6.93. The van der Waals surface area contributed by atoms with Crippen LogP contribution in [0, 0.1) is 5.92 Å². The van der Waals surface area contributed by atoms with Gasteiger partial charge in [0.25, 0.3) is 6.01 Å². The van der Waals surface area contributed by atoms with E-state index in [4.69, 9.17) is 4.42 Å². The minimum absolute atomic E-state index is 0.809. The first-order chi connectivity index (χ1) is 9.83. The number of hydrogen-bond donors (Lipinski definition) is 1. The minimum Gasteiger partial charge on any atom is -0.432 e. The van der Waals surface area contributed by atoms with Gasteiger partial charge in [-0.2, -0.15) is 4.98 Å². The van der Waals surface area contributed by atoms with E-state index in [-0.39, 0.29) is 0 Å². The summed E-state index contributed by atoms with van der Waals surface area (Å²) < 4.78 is 5.66. The predicted molar refractivity (Wildman–Crippen MR) is 83.0 cm³/mol. The van der Waals surface area contributed by atoms with Gasteiger partial charge in [0.1, 0.15) is 6.26 Å². The quantitative estimate of drug-likeness (QED) is 0.775. The smallest absolute Gasteiger partial charge is 0.297 e. The van der Waals surface area contributed by atoms with Crippen molar-refractivity contribution in [1.29, 1.82) is 0 Å². The third-order valence-electron chi connectivity index (χ3n) is 4.09. The fraction of sp³-hybridized carbons (Fsp3) is 0.812. The molecule has 0 saturated carbocycles. The van der Waals surface area contributed by atoms with Gasteiger partial charge in [-0.05, 0) is 38.1 Å². The van der Waals surface area contributed by atoms with Crippen LogP contribution >= 0.6 is 0 Å². The summed E-state index contributed by atoms with van der Waals surface area (Å²) >= 11 is 0. The lowest BCUT2D eigenvalue weighted by Gasteiger charge is -2.17. The summed E-state index contributed by atoms with van der Waals surface area (Å²) in [6.45, 7) is 8.47. The Balaban J connectivity index is 1.84. The molecule has 1 aliphatic heterocycles. The number of rotatable bonds is 7. The Kier molecular flexibility index (Phi) is 6.37. The second-order valence-corrected chi connectivity index (χ2v) is 5.87. The average Bonchev–Trinajstić information content (AvgIpc) is 2.79. The van der Waals surface area contributed by atoms with Crippen molar-refractivity contribution in [2.24, 2.45) is 5.92 Å². The van der Waals surface area contributed by atoms with Gasteiger partial charge in [0.15, 0.2) is 0 Å². The fourth-order valence-electron chi connectivity index (χ4n) is 2.97. The maximum Gasteiger partial charge on any atom is 0.297 e. The highest BCUT2D eigenvalue weighted by atomic mass is 16.4. The molecular formula is C16H29N3O. The van der Waals surface area contributed by atoms with Crippen LogP contribution in [0.25, 0.3) is 0 Å². The van der Waals surface area contributed by atoms with E-state index in [1.807, 2.05) is 0 Å². The molecule has 2 heterocycles. The van der Waals surface area contributed by atoms with Crippen molar-refractivity contribution in [2.45, 2.75) is 58.9 Å². The zero-order chi connectivity index (χ0) is 14.2. The molecule has 1 aromatic rings. The first kappa shape index (κ1) is 15.4. The predicted octanol–water partition coefficient (Wildman–Crippen LogP) is 3.58. The van der Waals surface area contributed by atoms with E-state index < -0.39 is 0 Å². The van der Waals surface area contributed by atoms with Crippen LogP contribution in [0.2, 0.25) is 0 Å². The van der Waals surface area contributed by atoms with Gasteiger partial charge in [-0.25, -0.2) is 0 Å². The fourth-order valence-corrected chi connectivity index (χ4v) is 2.97. The molecule has 0 bridgehead atoms. The maximum atomic E-state index is 5.66. The van der Waals surface area contributed by atoms with Crippen LogP contribution in [-0.2, 0) is 6.54 Å². The summed E-state index contributed by atoms with van der Waals surface area (Å²) in [6, 6.07) is 0.815. The van der Waals surface area contributed by atoms with Crippen LogP contribution in [0.1, 0.15) is 58.1 Å². The molecule has 20 heavy (non-hydrogen) atoms. The normalized spacial score (nSPS) is 20.1. The molecule has 1 N–H and O–H groups in total. The van der Waals surface area contributed by atoms with Crippen molar-refractivity contribution in [3.05, 3.63) is 12.0 Å². The Hall–Kier alpha value is -1.03. The molecule has 114 valence electrons.